The van der Waals surface area contributed by atoms with Gasteiger partial charge in [0.1, 0.15) is 5.41 Å². The van der Waals surface area contributed by atoms with Crippen molar-refractivity contribution in [2.75, 3.05) is 14.1 Å². The number of barbiturate groups is 1. The molecule has 0 bridgehead atoms. The summed E-state index contributed by atoms with van der Waals surface area (Å²) in [6.07, 6.45) is 0.851. The van der Waals surface area contributed by atoms with E-state index in [9.17, 15) is 14.4 Å². The Morgan fingerprint density at radius 2 is 1.30 bits per heavy atom. The number of nitrogens with zero attached hydrogens (tertiary/aromatic N) is 2. The number of urea groups is 1. The quantitative estimate of drug-likeness (QED) is 0.587. The standard InChI is InChI=1S/C25H22N2O3/c1-26-22(28)25(23(29)27(2)24(26)30)15-20-13-18-11-7-6-10-17(18)12-19(20)14-21(25)16-8-4-3-5-9-16/h3-13,21H,14-15H2,1-2H3. The maximum Gasteiger partial charge on any atom is 0.332 e. The van der Waals surface area contributed by atoms with E-state index in [-0.39, 0.29) is 12.3 Å². The highest BCUT2D eigenvalue weighted by molar-refractivity contribution is 6.19. The van der Waals surface area contributed by atoms with E-state index < -0.39 is 23.3 Å². The zero-order valence-corrected chi connectivity index (χ0v) is 17.0. The Kier molecular flexibility index (Phi) is 4.03. The molecular weight excluding hydrogens is 376 g/mol. The first-order valence-corrected chi connectivity index (χ1v) is 10.1. The Labute approximate surface area is 174 Å². The largest absolute Gasteiger partial charge is 0.332 e. The fraction of sp³-hybridized carbons (Fsp3) is 0.240. The van der Waals surface area contributed by atoms with Crippen LogP contribution in [0.15, 0.2) is 66.7 Å². The molecule has 0 radical (unpaired) electrons. The van der Waals surface area contributed by atoms with Gasteiger partial charge in [-0.2, -0.15) is 0 Å². The van der Waals surface area contributed by atoms with E-state index in [1.807, 2.05) is 48.5 Å². The molecule has 1 saturated heterocycles. The van der Waals surface area contributed by atoms with Gasteiger partial charge >= 0.3 is 6.03 Å². The molecule has 0 saturated carbocycles. The van der Waals surface area contributed by atoms with Gasteiger partial charge in [-0.15, -0.1) is 0 Å². The summed E-state index contributed by atoms with van der Waals surface area (Å²) in [5.74, 6) is -1.17. The number of imide groups is 2. The van der Waals surface area contributed by atoms with Gasteiger partial charge in [0.25, 0.3) is 0 Å². The lowest BCUT2D eigenvalue weighted by atomic mass is 9.60. The molecule has 30 heavy (non-hydrogen) atoms. The number of amides is 4. The molecule has 2 aliphatic rings. The van der Waals surface area contributed by atoms with Crippen molar-refractivity contribution in [3.05, 3.63) is 83.4 Å². The maximum absolute atomic E-state index is 13.6. The number of carbonyl (C=O) groups excluding carboxylic acids is 3. The Hall–Kier alpha value is -3.47. The molecule has 0 N–H and O–H groups in total. The van der Waals surface area contributed by atoms with Crippen molar-refractivity contribution in [2.24, 2.45) is 5.41 Å². The van der Waals surface area contributed by atoms with Gasteiger partial charge in [-0.05, 0) is 40.3 Å². The second kappa shape index (κ2) is 6.52. The molecule has 1 aliphatic heterocycles. The molecule has 1 heterocycles. The summed E-state index contributed by atoms with van der Waals surface area (Å²) in [7, 11) is 2.93. The average Bonchev–Trinajstić information content (AvgIpc) is 2.79. The molecule has 3 aromatic carbocycles. The Morgan fingerprint density at radius 1 is 0.767 bits per heavy atom. The molecule has 4 amide bonds. The molecule has 1 aliphatic carbocycles. The summed E-state index contributed by atoms with van der Waals surface area (Å²) >= 11 is 0. The highest BCUT2D eigenvalue weighted by Crippen LogP contribution is 2.50. The van der Waals surface area contributed by atoms with Crippen molar-refractivity contribution in [2.45, 2.75) is 18.8 Å². The van der Waals surface area contributed by atoms with Crippen molar-refractivity contribution >= 4 is 28.6 Å². The van der Waals surface area contributed by atoms with Gasteiger partial charge in [0.15, 0.2) is 0 Å². The summed E-state index contributed by atoms with van der Waals surface area (Å²) in [5.41, 5.74) is 1.76. The average molecular weight is 398 g/mol. The molecular formula is C25H22N2O3. The smallest absolute Gasteiger partial charge is 0.273 e. The number of rotatable bonds is 1. The third-order valence-electron chi connectivity index (χ3n) is 6.70. The van der Waals surface area contributed by atoms with Crippen molar-refractivity contribution in [1.29, 1.82) is 0 Å². The van der Waals surface area contributed by atoms with E-state index in [0.29, 0.717) is 6.42 Å². The van der Waals surface area contributed by atoms with Crippen LogP contribution in [-0.2, 0) is 22.4 Å². The van der Waals surface area contributed by atoms with Crippen molar-refractivity contribution in [1.82, 2.24) is 9.80 Å². The summed E-state index contributed by atoms with van der Waals surface area (Å²) in [4.78, 5) is 41.8. The van der Waals surface area contributed by atoms with Crippen molar-refractivity contribution in [3.8, 4) is 0 Å². The lowest BCUT2D eigenvalue weighted by Crippen LogP contribution is -2.66. The van der Waals surface area contributed by atoms with E-state index in [4.69, 9.17) is 0 Å². The van der Waals surface area contributed by atoms with Crippen LogP contribution in [0.3, 0.4) is 0 Å². The van der Waals surface area contributed by atoms with Crippen LogP contribution in [0, 0.1) is 5.41 Å². The van der Waals surface area contributed by atoms with Crippen LogP contribution >= 0.6 is 0 Å². The first-order valence-electron chi connectivity index (χ1n) is 10.1. The van der Waals surface area contributed by atoms with E-state index >= 15 is 0 Å². The van der Waals surface area contributed by atoms with Gasteiger partial charge in [0, 0.05) is 20.0 Å². The molecule has 150 valence electrons. The van der Waals surface area contributed by atoms with Gasteiger partial charge in [-0.3, -0.25) is 19.4 Å². The van der Waals surface area contributed by atoms with Crippen LogP contribution in [0.5, 0.6) is 0 Å². The summed E-state index contributed by atoms with van der Waals surface area (Å²) in [6.45, 7) is 0. The van der Waals surface area contributed by atoms with Gasteiger partial charge < -0.3 is 0 Å². The number of fused-ring (bicyclic) bond motifs is 2. The summed E-state index contributed by atoms with van der Waals surface area (Å²) in [5, 5.41) is 2.22. The minimum Gasteiger partial charge on any atom is -0.273 e. The Bertz CT molecular complexity index is 1180. The van der Waals surface area contributed by atoms with Crippen LogP contribution in [0.2, 0.25) is 0 Å². The van der Waals surface area contributed by atoms with Crippen LogP contribution in [0.4, 0.5) is 4.79 Å². The Morgan fingerprint density at radius 3 is 1.90 bits per heavy atom. The normalized spacial score (nSPS) is 20.7. The minimum absolute atomic E-state index is 0.284. The lowest BCUT2D eigenvalue weighted by molar-refractivity contribution is -0.159. The second-order valence-corrected chi connectivity index (χ2v) is 8.29. The molecule has 1 fully saturated rings. The molecule has 5 heteroatoms. The molecule has 5 rings (SSSR count). The van der Waals surface area contributed by atoms with Crippen molar-refractivity contribution < 1.29 is 14.4 Å². The predicted octanol–water partition coefficient (Wildman–Crippen LogP) is 3.76. The summed E-state index contributed by atoms with van der Waals surface area (Å²) in [6, 6.07) is 21.5. The van der Waals surface area contributed by atoms with E-state index in [1.165, 1.54) is 14.1 Å². The van der Waals surface area contributed by atoms with Crippen LogP contribution < -0.4 is 0 Å². The van der Waals surface area contributed by atoms with Gasteiger partial charge in [-0.1, -0.05) is 66.7 Å². The van der Waals surface area contributed by atoms with E-state index in [1.54, 1.807) is 0 Å². The van der Waals surface area contributed by atoms with Gasteiger partial charge in [0.05, 0.1) is 0 Å². The molecule has 1 unspecified atom stereocenters. The summed E-state index contributed by atoms with van der Waals surface area (Å²) < 4.78 is 0. The number of hydrogen-bond donors (Lipinski definition) is 0. The topological polar surface area (TPSA) is 57.7 Å². The third-order valence-corrected chi connectivity index (χ3v) is 6.70. The minimum atomic E-state index is -1.33. The molecule has 1 spiro atoms. The van der Waals surface area contributed by atoms with E-state index in [0.717, 1.165) is 37.3 Å². The molecule has 5 nitrogen and oxygen atoms in total. The monoisotopic (exact) mass is 398 g/mol. The molecule has 0 aromatic heterocycles. The Balaban J connectivity index is 1.75. The number of benzene rings is 3. The SMILES string of the molecule is CN1C(=O)N(C)C(=O)C2(Cc3cc4ccccc4cc3CC2c2ccccc2)C1=O. The van der Waals surface area contributed by atoms with Crippen LogP contribution in [0.1, 0.15) is 22.6 Å². The van der Waals surface area contributed by atoms with Gasteiger partial charge in [-0.25, -0.2) is 4.79 Å². The first kappa shape index (κ1) is 18.6. The maximum atomic E-state index is 13.6. The molecule has 3 aromatic rings. The van der Waals surface area contributed by atoms with E-state index in [2.05, 4.69) is 18.2 Å². The van der Waals surface area contributed by atoms with Crippen LogP contribution in [0.25, 0.3) is 10.8 Å². The lowest BCUT2D eigenvalue weighted by Gasteiger charge is -2.48. The zero-order valence-electron chi connectivity index (χ0n) is 17.0. The predicted molar refractivity (Wildman–Crippen MR) is 114 cm³/mol. The van der Waals surface area contributed by atoms with Gasteiger partial charge in [0.2, 0.25) is 11.8 Å². The molecule has 1 atom stereocenters. The fourth-order valence-electron chi connectivity index (χ4n) is 5.13. The fourth-order valence-corrected chi connectivity index (χ4v) is 5.13. The highest BCUT2D eigenvalue weighted by Gasteiger charge is 2.61. The first-order chi connectivity index (χ1) is 14.4. The number of carbonyl (C=O) groups is 3. The number of hydrogen-bond acceptors (Lipinski definition) is 3. The second-order valence-electron chi connectivity index (χ2n) is 8.29. The third kappa shape index (κ3) is 2.45. The zero-order chi connectivity index (χ0) is 21.0. The van der Waals surface area contributed by atoms with Crippen LogP contribution in [-0.4, -0.2) is 41.7 Å². The van der Waals surface area contributed by atoms with Crippen molar-refractivity contribution in [3.63, 3.8) is 0 Å². The highest BCUT2D eigenvalue weighted by atomic mass is 16.2.